The van der Waals surface area contributed by atoms with Crippen LogP contribution in [0, 0.1) is 11.3 Å². The van der Waals surface area contributed by atoms with Crippen LogP contribution in [0.1, 0.15) is 53.9 Å². The van der Waals surface area contributed by atoms with Gasteiger partial charge in [-0.25, -0.2) is 0 Å². The molecule has 0 aliphatic carbocycles. The maximum Gasteiger partial charge on any atom is 0.222 e. The summed E-state index contributed by atoms with van der Waals surface area (Å²) in [5.41, 5.74) is 0.238. The van der Waals surface area contributed by atoms with E-state index in [-0.39, 0.29) is 17.2 Å². The maximum absolute atomic E-state index is 11.6. The molecule has 0 fully saturated rings. The van der Waals surface area contributed by atoms with Crippen LogP contribution in [0.15, 0.2) is 0 Å². The van der Waals surface area contributed by atoms with Crippen molar-refractivity contribution in [2.45, 2.75) is 53.9 Å². The lowest BCUT2D eigenvalue weighted by Crippen LogP contribution is -2.32. The lowest BCUT2D eigenvalue weighted by molar-refractivity contribution is -0.125. The molecule has 0 spiro atoms. The molecule has 1 atom stereocenters. The largest absolute Gasteiger partial charge is 0.356 e. The number of hydrogen-bond donors (Lipinski definition) is 1. The second-order valence-electron chi connectivity index (χ2n) is 5.31. The lowest BCUT2D eigenvalue weighted by atomic mass is 9.85. The molecular weight excluding hydrogens is 174 g/mol. The van der Waals surface area contributed by atoms with Crippen molar-refractivity contribution < 1.29 is 4.79 Å². The highest BCUT2D eigenvalue weighted by molar-refractivity contribution is 5.78. The molecule has 1 unspecified atom stereocenters. The Morgan fingerprint density at radius 2 is 1.93 bits per heavy atom. The van der Waals surface area contributed by atoms with E-state index < -0.39 is 0 Å². The molecule has 0 aromatic rings. The molecule has 0 bridgehead atoms. The summed E-state index contributed by atoms with van der Waals surface area (Å²) >= 11 is 0. The predicted molar refractivity (Wildman–Crippen MR) is 61.2 cm³/mol. The van der Waals surface area contributed by atoms with Crippen molar-refractivity contribution in [3.8, 4) is 0 Å². The summed E-state index contributed by atoms with van der Waals surface area (Å²) < 4.78 is 0. The minimum Gasteiger partial charge on any atom is -0.356 e. The molecule has 0 saturated heterocycles. The molecule has 2 nitrogen and oxygen atoms in total. The summed E-state index contributed by atoms with van der Waals surface area (Å²) in [6.07, 6.45) is 3.16. The first-order valence-electron chi connectivity index (χ1n) is 5.64. The molecule has 0 aliphatic heterocycles. The van der Waals surface area contributed by atoms with Gasteiger partial charge in [0.1, 0.15) is 0 Å². The monoisotopic (exact) mass is 199 g/mol. The maximum atomic E-state index is 11.6. The first-order valence-corrected chi connectivity index (χ1v) is 5.64. The number of hydrogen-bond acceptors (Lipinski definition) is 1. The van der Waals surface area contributed by atoms with E-state index in [0.717, 1.165) is 25.8 Å². The number of unbranched alkanes of at least 4 members (excludes halogenated alkanes) is 1. The Morgan fingerprint density at radius 3 is 2.36 bits per heavy atom. The Hall–Kier alpha value is -0.530. The molecule has 0 heterocycles. The van der Waals surface area contributed by atoms with Crippen molar-refractivity contribution >= 4 is 5.91 Å². The molecule has 2 heteroatoms. The topological polar surface area (TPSA) is 29.1 Å². The molecule has 0 rings (SSSR count). The third-order valence-electron chi connectivity index (χ3n) is 2.20. The lowest BCUT2D eigenvalue weighted by Gasteiger charge is -2.22. The zero-order valence-electron chi connectivity index (χ0n) is 10.3. The standard InChI is InChI=1S/C12H25NO/c1-6-7-8-13-11(14)10(2)9-12(3,4)5/h10H,6-9H2,1-5H3,(H,13,14). The molecule has 84 valence electrons. The molecule has 1 amide bonds. The van der Waals surface area contributed by atoms with Crippen LogP contribution in [0.2, 0.25) is 0 Å². The van der Waals surface area contributed by atoms with Gasteiger partial charge in [-0.1, -0.05) is 41.0 Å². The molecule has 14 heavy (non-hydrogen) atoms. The SMILES string of the molecule is CCCCNC(=O)C(C)CC(C)(C)C. The van der Waals surface area contributed by atoms with Crippen molar-refractivity contribution in [1.29, 1.82) is 0 Å². The van der Waals surface area contributed by atoms with E-state index in [1.807, 2.05) is 6.92 Å². The Kier molecular flexibility index (Phi) is 5.82. The van der Waals surface area contributed by atoms with E-state index >= 15 is 0 Å². The zero-order chi connectivity index (χ0) is 11.2. The van der Waals surface area contributed by atoms with E-state index in [4.69, 9.17) is 0 Å². The first kappa shape index (κ1) is 13.5. The Morgan fingerprint density at radius 1 is 1.36 bits per heavy atom. The molecular formula is C12H25NO. The Labute approximate surface area is 88.5 Å². The minimum atomic E-state index is 0.131. The molecule has 0 radical (unpaired) electrons. The number of amides is 1. The van der Waals surface area contributed by atoms with Crippen LogP contribution in [0.25, 0.3) is 0 Å². The fourth-order valence-corrected chi connectivity index (χ4v) is 1.57. The minimum absolute atomic E-state index is 0.131. The highest BCUT2D eigenvalue weighted by atomic mass is 16.1. The van der Waals surface area contributed by atoms with Gasteiger partial charge in [-0.15, -0.1) is 0 Å². The molecule has 1 N–H and O–H groups in total. The van der Waals surface area contributed by atoms with Gasteiger partial charge in [0.2, 0.25) is 5.91 Å². The van der Waals surface area contributed by atoms with Crippen LogP contribution in [0.5, 0.6) is 0 Å². The average molecular weight is 199 g/mol. The van der Waals surface area contributed by atoms with Gasteiger partial charge in [0.25, 0.3) is 0 Å². The van der Waals surface area contributed by atoms with Gasteiger partial charge in [0.05, 0.1) is 0 Å². The first-order chi connectivity index (χ1) is 6.37. The van der Waals surface area contributed by atoms with Crippen molar-refractivity contribution in [2.24, 2.45) is 11.3 Å². The average Bonchev–Trinajstić information content (AvgIpc) is 2.01. The van der Waals surface area contributed by atoms with E-state index in [9.17, 15) is 4.79 Å². The van der Waals surface area contributed by atoms with Crippen molar-refractivity contribution in [3.05, 3.63) is 0 Å². The second kappa shape index (κ2) is 6.05. The van der Waals surface area contributed by atoms with E-state index in [0.29, 0.717) is 0 Å². The number of nitrogens with one attached hydrogen (secondary N) is 1. The number of rotatable bonds is 5. The van der Waals surface area contributed by atoms with Crippen LogP contribution in [-0.4, -0.2) is 12.5 Å². The number of carbonyl (C=O) groups is 1. The summed E-state index contributed by atoms with van der Waals surface area (Å²) in [5, 5.41) is 2.97. The summed E-state index contributed by atoms with van der Waals surface area (Å²) in [6.45, 7) is 11.5. The van der Waals surface area contributed by atoms with Crippen molar-refractivity contribution in [2.75, 3.05) is 6.54 Å². The van der Waals surface area contributed by atoms with Crippen LogP contribution < -0.4 is 5.32 Å². The van der Waals surface area contributed by atoms with Gasteiger partial charge in [-0.05, 0) is 18.3 Å². The van der Waals surface area contributed by atoms with Crippen LogP contribution in [-0.2, 0) is 4.79 Å². The van der Waals surface area contributed by atoms with Crippen LogP contribution in [0.4, 0.5) is 0 Å². The number of carbonyl (C=O) groups excluding carboxylic acids is 1. The third-order valence-corrected chi connectivity index (χ3v) is 2.20. The molecule has 0 aromatic carbocycles. The fourth-order valence-electron chi connectivity index (χ4n) is 1.57. The van der Waals surface area contributed by atoms with Gasteiger partial charge < -0.3 is 5.32 Å². The van der Waals surface area contributed by atoms with Gasteiger partial charge in [-0.3, -0.25) is 4.79 Å². The second-order valence-corrected chi connectivity index (χ2v) is 5.31. The predicted octanol–water partition coefficient (Wildman–Crippen LogP) is 2.98. The summed E-state index contributed by atoms with van der Waals surface area (Å²) in [7, 11) is 0. The highest BCUT2D eigenvalue weighted by Crippen LogP contribution is 2.23. The van der Waals surface area contributed by atoms with Crippen molar-refractivity contribution in [3.63, 3.8) is 0 Å². The Bertz CT molecular complexity index is 170. The van der Waals surface area contributed by atoms with Gasteiger partial charge in [0.15, 0.2) is 0 Å². The van der Waals surface area contributed by atoms with Crippen LogP contribution in [0.3, 0.4) is 0 Å². The highest BCUT2D eigenvalue weighted by Gasteiger charge is 2.20. The molecule has 0 saturated carbocycles. The van der Waals surface area contributed by atoms with Crippen LogP contribution >= 0.6 is 0 Å². The zero-order valence-corrected chi connectivity index (χ0v) is 10.3. The normalized spacial score (nSPS) is 13.8. The van der Waals surface area contributed by atoms with Gasteiger partial charge >= 0.3 is 0 Å². The third kappa shape index (κ3) is 6.93. The quantitative estimate of drug-likeness (QED) is 0.678. The summed E-state index contributed by atoms with van der Waals surface area (Å²) in [6, 6.07) is 0. The van der Waals surface area contributed by atoms with Gasteiger partial charge in [-0.2, -0.15) is 0 Å². The molecule has 0 aromatic heterocycles. The van der Waals surface area contributed by atoms with Gasteiger partial charge in [0, 0.05) is 12.5 Å². The van der Waals surface area contributed by atoms with E-state index in [2.05, 4.69) is 33.0 Å². The van der Waals surface area contributed by atoms with E-state index in [1.54, 1.807) is 0 Å². The smallest absolute Gasteiger partial charge is 0.222 e. The van der Waals surface area contributed by atoms with Crippen molar-refractivity contribution in [1.82, 2.24) is 5.32 Å². The molecule has 0 aliphatic rings. The fraction of sp³-hybridized carbons (Fsp3) is 0.917. The van der Waals surface area contributed by atoms with E-state index in [1.165, 1.54) is 0 Å². The summed E-state index contributed by atoms with van der Waals surface area (Å²) in [5.74, 6) is 0.334. The summed E-state index contributed by atoms with van der Waals surface area (Å²) in [4.78, 5) is 11.6. The Balaban J connectivity index is 3.77.